The van der Waals surface area contributed by atoms with Crippen LogP contribution in [0.15, 0.2) is 18.6 Å². The maximum Gasteiger partial charge on any atom is 0.230 e. The normalized spacial score (nSPS) is 16.5. The lowest BCUT2D eigenvalue weighted by molar-refractivity contribution is -0.132. The Balaban J connectivity index is 1.84. The van der Waals surface area contributed by atoms with Crippen molar-refractivity contribution in [2.75, 3.05) is 13.1 Å². The molecular formula is C15H20N6O. The van der Waals surface area contributed by atoms with Crippen molar-refractivity contribution in [1.82, 2.24) is 30.1 Å². The van der Waals surface area contributed by atoms with E-state index in [2.05, 4.69) is 27.4 Å². The Hall–Kier alpha value is -2.31. The molecule has 0 aromatic carbocycles. The minimum absolute atomic E-state index is 0.0584. The molecule has 1 aliphatic carbocycles. The van der Waals surface area contributed by atoms with E-state index in [1.807, 2.05) is 24.1 Å². The number of tetrazole rings is 1. The molecule has 0 fully saturated rings. The van der Waals surface area contributed by atoms with Crippen molar-refractivity contribution in [1.29, 1.82) is 0 Å². The number of pyridine rings is 1. The zero-order valence-electron chi connectivity index (χ0n) is 12.9. The van der Waals surface area contributed by atoms with Gasteiger partial charge >= 0.3 is 0 Å². The fraction of sp³-hybridized carbons (Fsp3) is 0.533. The van der Waals surface area contributed by atoms with Crippen molar-refractivity contribution in [3.63, 3.8) is 0 Å². The van der Waals surface area contributed by atoms with Gasteiger partial charge in [0.05, 0.1) is 5.92 Å². The first-order valence-corrected chi connectivity index (χ1v) is 7.75. The topological polar surface area (TPSA) is 76.8 Å². The lowest BCUT2D eigenvalue weighted by Gasteiger charge is -2.24. The molecule has 22 heavy (non-hydrogen) atoms. The predicted molar refractivity (Wildman–Crippen MR) is 80.6 cm³/mol. The summed E-state index contributed by atoms with van der Waals surface area (Å²) in [6.45, 7) is 5.70. The molecule has 0 N–H and O–H groups in total. The standard InChI is InChI=1S/C15H20N6O/c1-3-7-20(4-2)15(22)12-6-5-11-8-14(16-9-13(11)12)21-10-17-18-19-21/h8-10,12H,3-7H2,1-2H3. The van der Waals surface area contributed by atoms with Crippen molar-refractivity contribution < 1.29 is 4.79 Å². The van der Waals surface area contributed by atoms with Gasteiger partial charge in [-0.1, -0.05) is 6.92 Å². The van der Waals surface area contributed by atoms with Crippen LogP contribution in [-0.4, -0.2) is 49.1 Å². The first-order valence-electron chi connectivity index (χ1n) is 7.75. The molecule has 2 aromatic rings. The molecule has 1 aliphatic rings. The molecule has 0 spiro atoms. The van der Waals surface area contributed by atoms with E-state index in [-0.39, 0.29) is 11.8 Å². The number of fused-ring (bicyclic) bond motifs is 1. The van der Waals surface area contributed by atoms with Gasteiger partial charge < -0.3 is 4.90 Å². The summed E-state index contributed by atoms with van der Waals surface area (Å²) in [6, 6.07) is 1.98. The Morgan fingerprint density at radius 1 is 1.45 bits per heavy atom. The second kappa shape index (κ2) is 6.21. The largest absolute Gasteiger partial charge is 0.342 e. The minimum Gasteiger partial charge on any atom is -0.342 e. The molecule has 0 aliphatic heterocycles. The van der Waals surface area contributed by atoms with Gasteiger partial charge in [0, 0.05) is 19.3 Å². The van der Waals surface area contributed by atoms with Crippen LogP contribution in [0.5, 0.6) is 0 Å². The van der Waals surface area contributed by atoms with E-state index in [1.165, 1.54) is 16.6 Å². The van der Waals surface area contributed by atoms with Crippen molar-refractivity contribution in [2.24, 2.45) is 0 Å². The quantitative estimate of drug-likeness (QED) is 0.833. The van der Waals surface area contributed by atoms with Gasteiger partial charge in [-0.25, -0.2) is 4.98 Å². The van der Waals surface area contributed by atoms with Gasteiger partial charge in [0.2, 0.25) is 5.91 Å². The Morgan fingerprint density at radius 3 is 3.00 bits per heavy atom. The van der Waals surface area contributed by atoms with Gasteiger partial charge in [-0.15, -0.1) is 5.10 Å². The van der Waals surface area contributed by atoms with Crippen LogP contribution in [0, 0.1) is 0 Å². The van der Waals surface area contributed by atoms with Crippen LogP contribution in [0.4, 0.5) is 0 Å². The monoisotopic (exact) mass is 300 g/mol. The fourth-order valence-electron chi connectivity index (χ4n) is 3.04. The molecule has 1 unspecified atom stereocenters. The predicted octanol–water partition coefficient (Wildman–Crippen LogP) is 1.35. The van der Waals surface area contributed by atoms with Crippen molar-refractivity contribution in [2.45, 2.75) is 39.0 Å². The number of carbonyl (C=O) groups excluding carboxylic acids is 1. The Kier molecular flexibility index (Phi) is 4.13. The van der Waals surface area contributed by atoms with E-state index < -0.39 is 0 Å². The number of carbonyl (C=O) groups is 1. The van der Waals surface area contributed by atoms with Crippen LogP contribution < -0.4 is 0 Å². The first-order chi connectivity index (χ1) is 10.7. The number of nitrogens with zero attached hydrogens (tertiary/aromatic N) is 6. The summed E-state index contributed by atoms with van der Waals surface area (Å²) in [7, 11) is 0. The highest BCUT2D eigenvalue weighted by Crippen LogP contribution is 2.34. The van der Waals surface area contributed by atoms with E-state index in [0.29, 0.717) is 5.82 Å². The second-order valence-corrected chi connectivity index (χ2v) is 5.50. The molecule has 0 saturated heterocycles. The average Bonchev–Trinajstić information content (AvgIpc) is 3.20. The van der Waals surface area contributed by atoms with Gasteiger partial charge in [0.1, 0.15) is 6.33 Å². The molecule has 2 aromatic heterocycles. The van der Waals surface area contributed by atoms with Gasteiger partial charge in [-0.2, -0.15) is 4.68 Å². The number of rotatable bonds is 5. The summed E-state index contributed by atoms with van der Waals surface area (Å²) in [5, 5.41) is 11.1. The smallest absolute Gasteiger partial charge is 0.230 e. The average molecular weight is 300 g/mol. The van der Waals surface area contributed by atoms with Crippen molar-refractivity contribution in [3.8, 4) is 5.82 Å². The van der Waals surface area contributed by atoms with Crippen LogP contribution in [0.2, 0.25) is 0 Å². The van der Waals surface area contributed by atoms with Crippen LogP contribution in [0.25, 0.3) is 5.82 Å². The van der Waals surface area contributed by atoms with Crippen molar-refractivity contribution in [3.05, 3.63) is 29.7 Å². The van der Waals surface area contributed by atoms with Gasteiger partial charge in [0.25, 0.3) is 0 Å². The molecule has 3 rings (SSSR count). The number of likely N-dealkylation sites (N-methyl/N-ethyl adjacent to an activating group) is 1. The van der Waals surface area contributed by atoms with E-state index in [9.17, 15) is 4.79 Å². The number of amides is 1. The number of hydrogen-bond acceptors (Lipinski definition) is 5. The maximum atomic E-state index is 12.7. The summed E-state index contributed by atoms with van der Waals surface area (Å²) in [6.07, 6.45) is 6.06. The zero-order chi connectivity index (χ0) is 15.5. The lowest BCUT2D eigenvalue weighted by Crippen LogP contribution is -2.35. The van der Waals surface area contributed by atoms with Crippen LogP contribution in [0.3, 0.4) is 0 Å². The third-order valence-corrected chi connectivity index (χ3v) is 4.16. The molecule has 116 valence electrons. The zero-order valence-corrected chi connectivity index (χ0v) is 12.9. The molecule has 2 heterocycles. The molecule has 0 saturated carbocycles. The molecule has 0 radical (unpaired) electrons. The van der Waals surface area contributed by atoms with Crippen LogP contribution in [0.1, 0.15) is 43.7 Å². The highest BCUT2D eigenvalue weighted by atomic mass is 16.2. The number of aromatic nitrogens is 5. The van der Waals surface area contributed by atoms with Crippen molar-refractivity contribution >= 4 is 5.91 Å². The van der Waals surface area contributed by atoms with Gasteiger partial charge in [0.15, 0.2) is 5.82 Å². The Morgan fingerprint density at radius 2 is 2.32 bits per heavy atom. The summed E-state index contributed by atoms with van der Waals surface area (Å²) >= 11 is 0. The molecule has 1 amide bonds. The van der Waals surface area contributed by atoms with Gasteiger partial charge in [-0.3, -0.25) is 4.79 Å². The number of hydrogen-bond donors (Lipinski definition) is 0. The molecule has 7 nitrogen and oxygen atoms in total. The summed E-state index contributed by atoms with van der Waals surface area (Å²) in [5.41, 5.74) is 2.22. The third-order valence-electron chi connectivity index (χ3n) is 4.16. The Labute approximate surface area is 129 Å². The van der Waals surface area contributed by atoms with E-state index in [0.717, 1.165) is 37.9 Å². The van der Waals surface area contributed by atoms with Crippen LogP contribution in [-0.2, 0) is 11.2 Å². The molecule has 7 heteroatoms. The second-order valence-electron chi connectivity index (χ2n) is 5.50. The third kappa shape index (κ3) is 2.58. The minimum atomic E-state index is -0.0584. The fourth-order valence-corrected chi connectivity index (χ4v) is 3.04. The highest BCUT2D eigenvalue weighted by molar-refractivity contribution is 5.85. The molecular weight excluding hydrogens is 280 g/mol. The lowest BCUT2D eigenvalue weighted by atomic mass is 10.0. The summed E-state index contributed by atoms with van der Waals surface area (Å²) in [5.74, 6) is 0.856. The maximum absolute atomic E-state index is 12.7. The van der Waals surface area contributed by atoms with Gasteiger partial charge in [-0.05, 0) is 53.8 Å². The van der Waals surface area contributed by atoms with E-state index in [4.69, 9.17) is 0 Å². The Bertz CT molecular complexity index is 654. The van der Waals surface area contributed by atoms with E-state index in [1.54, 1.807) is 0 Å². The summed E-state index contributed by atoms with van der Waals surface area (Å²) < 4.78 is 1.53. The molecule has 1 atom stereocenters. The van der Waals surface area contributed by atoms with Crippen LogP contribution >= 0.6 is 0 Å². The van der Waals surface area contributed by atoms with E-state index >= 15 is 0 Å². The highest BCUT2D eigenvalue weighted by Gasteiger charge is 2.31. The SMILES string of the molecule is CCCN(CC)C(=O)C1CCc2cc(-n3cnnn3)ncc21. The first kappa shape index (κ1) is 14.6. The molecule has 0 bridgehead atoms. The number of aryl methyl sites for hydroxylation is 1. The summed E-state index contributed by atoms with van der Waals surface area (Å²) in [4.78, 5) is 19.0.